The number of ether oxygens (including phenoxy) is 2. The Balaban J connectivity index is 1.71. The Bertz CT molecular complexity index is 574. The van der Waals surface area contributed by atoms with E-state index in [1.807, 2.05) is 6.07 Å². The molecule has 6 nitrogen and oxygen atoms in total. The van der Waals surface area contributed by atoms with Crippen LogP contribution in [0.4, 0.5) is 0 Å². The quantitative estimate of drug-likeness (QED) is 0.810. The van der Waals surface area contributed by atoms with Gasteiger partial charge in [0.05, 0.1) is 6.07 Å². The number of hydrogen-bond donors (Lipinski definition) is 1. The number of para-hydroxylation sites is 1. The zero-order valence-corrected chi connectivity index (χ0v) is 12.9. The maximum atomic E-state index is 11.9. The number of benzene rings is 1. The Hall–Kier alpha value is -2.55. The third kappa shape index (κ3) is 5.29. The number of carbonyl (C=O) groups excluding carboxylic acids is 2. The molecule has 0 aromatic heterocycles. The second-order valence-corrected chi connectivity index (χ2v) is 5.57. The highest BCUT2D eigenvalue weighted by atomic mass is 16.6. The SMILES string of the molecule is N#CC1(NC(=O)COC(=O)COc2ccccc2)CCCCC1. The topological polar surface area (TPSA) is 88.4 Å². The monoisotopic (exact) mass is 316 g/mol. The molecule has 23 heavy (non-hydrogen) atoms. The summed E-state index contributed by atoms with van der Waals surface area (Å²) in [6, 6.07) is 11.1. The molecule has 0 atom stereocenters. The largest absolute Gasteiger partial charge is 0.482 e. The maximum absolute atomic E-state index is 11.9. The standard InChI is InChI=1S/C17H20N2O4/c18-13-17(9-5-2-6-10-17)19-15(20)11-23-16(21)12-22-14-7-3-1-4-8-14/h1,3-4,7-8H,2,5-6,9-12H2,(H,19,20). The van der Waals surface area contributed by atoms with Gasteiger partial charge in [-0.3, -0.25) is 4.79 Å². The van der Waals surface area contributed by atoms with E-state index in [0.717, 1.165) is 19.3 Å². The van der Waals surface area contributed by atoms with Gasteiger partial charge in [-0.25, -0.2) is 4.79 Å². The summed E-state index contributed by atoms with van der Waals surface area (Å²) in [5.74, 6) is -0.528. The van der Waals surface area contributed by atoms with E-state index in [-0.39, 0.29) is 6.61 Å². The number of nitrogens with one attached hydrogen (secondary N) is 1. The third-order valence-electron chi connectivity index (χ3n) is 3.76. The summed E-state index contributed by atoms with van der Waals surface area (Å²) in [7, 11) is 0. The number of carbonyl (C=O) groups is 2. The summed E-state index contributed by atoms with van der Waals surface area (Å²) in [4.78, 5) is 23.4. The average Bonchev–Trinajstić information content (AvgIpc) is 2.60. The molecule has 2 rings (SSSR count). The Morgan fingerprint density at radius 1 is 1.13 bits per heavy atom. The molecule has 0 heterocycles. The maximum Gasteiger partial charge on any atom is 0.344 e. The minimum Gasteiger partial charge on any atom is -0.482 e. The number of amides is 1. The molecule has 1 aliphatic rings. The predicted octanol–water partition coefficient (Wildman–Crippen LogP) is 1.95. The first kappa shape index (κ1) is 16.8. The van der Waals surface area contributed by atoms with Crippen molar-refractivity contribution in [3.63, 3.8) is 0 Å². The molecule has 1 amide bonds. The second-order valence-electron chi connectivity index (χ2n) is 5.57. The molecule has 1 aromatic rings. The minimum atomic E-state index is -0.817. The van der Waals surface area contributed by atoms with Crippen LogP contribution in [0.3, 0.4) is 0 Å². The van der Waals surface area contributed by atoms with Crippen molar-refractivity contribution >= 4 is 11.9 Å². The fourth-order valence-electron chi connectivity index (χ4n) is 2.57. The van der Waals surface area contributed by atoms with Crippen molar-refractivity contribution in [2.75, 3.05) is 13.2 Å². The van der Waals surface area contributed by atoms with Crippen molar-refractivity contribution in [2.24, 2.45) is 0 Å². The van der Waals surface area contributed by atoms with E-state index in [4.69, 9.17) is 9.47 Å². The molecule has 122 valence electrons. The number of hydrogen-bond acceptors (Lipinski definition) is 5. The number of nitrogens with zero attached hydrogens (tertiary/aromatic N) is 1. The Morgan fingerprint density at radius 2 is 1.83 bits per heavy atom. The zero-order valence-electron chi connectivity index (χ0n) is 12.9. The first-order valence-corrected chi connectivity index (χ1v) is 7.69. The van der Waals surface area contributed by atoms with Gasteiger partial charge in [0.25, 0.3) is 5.91 Å². The van der Waals surface area contributed by atoms with Crippen molar-refractivity contribution in [3.05, 3.63) is 30.3 Å². The van der Waals surface area contributed by atoms with Gasteiger partial charge in [-0.1, -0.05) is 37.5 Å². The van der Waals surface area contributed by atoms with E-state index in [1.54, 1.807) is 24.3 Å². The van der Waals surface area contributed by atoms with Crippen molar-refractivity contribution < 1.29 is 19.1 Å². The van der Waals surface area contributed by atoms with Crippen molar-refractivity contribution in [1.29, 1.82) is 5.26 Å². The van der Waals surface area contributed by atoms with Crippen LogP contribution in [0.25, 0.3) is 0 Å². The van der Waals surface area contributed by atoms with Gasteiger partial charge in [-0.15, -0.1) is 0 Å². The van der Waals surface area contributed by atoms with Gasteiger partial charge >= 0.3 is 5.97 Å². The summed E-state index contributed by atoms with van der Waals surface area (Å²) < 4.78 is 10.1. The van der Waals surface area contributed by atoms with Gasteiger partial charge in [0.2, 0.25) is 0 Å². The smallest absolute Gasteiger partial charge is 0.344 e. The Labute approximate surface area is 135 Å². The molecular formula is C17H20N2O4. The molecule has 1 aliphatic carbocycles. The lowest BCUT2D eigenvalue weighted by molar-refractivity contribution is -0.150. The van der Waals surface area contributed by atoms with Crippen LogP contribution in [-0.2, 0) is 14.3 Å². The van der Waals surface area contributed by atoms with E-state index < -0.39 is 24.0 Å². The highest BCUT2D eigenvalue weighted by Gasteiger charge is 2.33. The van der Waals surface area contributed by atoms with Gasteiger partial charge in [-0.05, 0) is 25.0 Å². The van der Waals surface area contributed by atoms with Gasteiger partial charge < -0.3 is 14.8 Å². The van der Waals surface area contributed by atoms with E-state index in [0.29, 0.717) is 18.6 Å². The lowest BCUT2D eigenvalue weighted by Crippen LogP contribution is -2.50. The molecule has 6 heteroatoms. The molecular weight excluding hydrogens is 296 g/mol. The summed E-state index contributed by atoms with van der Waals surface area (Å²) >= 11 is 0. The first-order valence-electron chi connectivity index (χ1n) is 7.69. The van der Waals surface area contributed by atoms with Crippen LogP contribution in [-0.4, -0.2) is 30.6 Å². The first-order chi connectivity index (χ1) is 11.1. The zero-order chi connectivity index (χ0) is 16.5. The van der Waals surface area contributed by atoms with E-state index in [2.05, 4.69) is 11.4 Å². The summed E-state index contributed by atoms with van der Waals surface area (Å²) in [6.07, 6.45) is 4.18. The Morgan fingerprint density at radius 3 is 2.48 bits per heavy atom. The lowest BCUT2D eigenvalue weighted by Gasteiger charge is -2.31. The second kappa shape index (κ2) is 8.18. The number of nitriles is 1. The van der Waals surface area contributed by atoms with E-state index in [1.165, 1.54) is 0 Å². The third-order valence-corrected chi connectivity index (χ3v) is 3.76. The molecule has 1 N–H and O–H groups in total. The van der Waals surface area contributed by atoms with Crippen LogP contribution >= 0.6 is 0 Å². The normalized spacial score (nSPS) is 16.0. The molecule has 1 aromatic carbocycles. The minimum absolute atomic E-state index is 0.263. The van der Waals surface area contributed by atoms with Crippen LogP contribution in [0.5, 0.6) is 5.75 Å². The molecule has 0 aliphatic heterocycles. The highest BCUT2D eigenvalue weighted by molar-refractivity contribution is 5.81. The van der Waals surface area contributed by atoms with Crippen molar-refractivity contribution in [1.82, 2.24) is 5.32 Å². The van der Waals surface area contributed by atoms with E-state index >= 15 is 0 Å². The average molecular weight is 316 g/mol. The van der Waals surface area contributed by atoms with Gasteiger partial charge in [0, 0.05) is 0 Å². The molecule has 1 saturated carbocycles. The summed E-state index contributed by atoms with van der Waals surface area (Å²) in [5, 5.41) is 12.0. The van der Waals surface area contributed by atoms with Crippen LogP contribution in [0.15, 0.2) is 30.3 Å². The van der Waals surface area contributed by atoms with Crippen LogP contribution < -0.4 is 10.1 Å². The number of esters is 1. The van der Waals surface area contributed by atoms with Gasteiger partial charge in [-0.2, -0.15) is 5.26 Å². The van der Waals surface area contributed by atoms with Crippen molar-refractivity contribution in [2.45, 2.75) is 37.6 Å². The van der Waals surface area contributed by atoms with Gasteiger partial charge in [0.15, 0.2) is 13.2 Å². The highest BCUT2D eigenvalue weighted by Crippen LogP contribution is 2.27. The predicted molar refractivity (Wildman–Crippen MR) is 82.5 cm³/mol. The molecule has 0 saturated heterocycles. The molecule has 0 spiro atoms. The summed E-state index contributed by atoms with van der Waals surface area (Å²) in [6.45, 7) is -0.666. The van der Waals surface area contributed by atoms with Crippen molar-refractivity contribution in [3.8, 4) is 11.8 Å². The number of rotatable bonds is 6. The summed E-state index contributed by atoms with van der Waals surface area (Å²) in [5.41, 5.74) is -0.817. The van der Waals surface area contributed by atoms with Crippen LogP contribution in [0, 0.1) is 11.3 Å². The Kier molecular flexibility index (Phi) is 5.98. The van der Waals surface area contributed by atoms with Crippen LogP contribution in [0.2, 0.25) is 0 Å². The molecule has 0 unspecified atom stereocenters. The molecule has 0 radical (unpaired) electrons. The molecule has 0 bridgehead atoms. The molecule has 1 fully saturated rings. The van der Waals surface area contributed by atoms with Gasteiger partial charge in [0.1, 0.15) is 11.3 Å². The van der Waals surface area contributed by atoms with Crippen LogP contribution in [0.1, 0.15) is 32.1 Å². The lowest BCUT2D eigenvalue weighted by atomic mass is 9.83. The fraction of sp³-hybridized carbons (Fsp3) is 0.471. The fourth-order valence-corrected chi connectivity index (χ4v) is 2.57. The van der Waals surface area contributed by atoms with E-state index in [9.17, 15) is 14.9 Å².